The average Bonchev–Trinajstić information content (AvgIpc) is 3.38. The van der Waals surface area contributed by atoms with Gasteiger partial charge in [0.2, 0.25) is 5.91 Å². The SMILES string of the molecule is CCCCCCCCCCCCCCCCCCCCCCCCCCCC(O)C(CO)NC(=O)CCCCCCCCCCCC/C=C\C=C/CCCCCOC(=O)CCCCCCCCCCCCC. The van der Waals surface area contributed by atoms with E-state index in [1.54, 1.807) is 0 Å². The third-order valence-electron chi connectivity index (χ3n) is 15.3. The van der Waals surface area contributed by atoms with Gasteiger partial charge < -0.3 is 20.3 Å². The van der Waals surface area contributed by atoms with E-state index in [-0.39, 0.29) is 18.5 Å². The third kappa shape index (κ3) is 57.6. The summed E-state index contributed by atoms with van der Waals surface area (Å²) < 4.78 is 5.44. The Morgan fingerprint density at radius 1 is 0.389 bits per heavy atom. The van der Waals surface area contributed by atoms with Gasteiger partial charge in [0.25, 0.3) is 0 Å². The lowest BCUT2D eigenvalue weighted by Crippen LogP contribution is -2.45. The number of esters is 1. The van der Waals surface area contributed by atoms with Gasteiger partial charge in [0.05, 0.1) is 25.4 Å². The number of hydrogen-bond donors (Lipinski definition) is 3. The molecule has 0 saturated carbocycles. The highest BCUT2D eigenvalue weighted by molar-refractivity contribution is 5.76. The van der Waals surface area contributed by atoms with Crippen LogP contribution in [0.15, 0.2) is 24.3 Å². The first-order chi connectivity index (χ1) is 35.5. The third-order valence-corrected chi connectivity index (χ3v) is 15.3. The van der Waals surface area contributed by atoms with E-state index in [1.165, 1.54) is 257 Å². The number of nitrogens with one attached hydrogen (secondary N) is 1. The normalized spacial score (nSPS) is 12.7. The number of carbonyl (C=O) groups is 2. The Labute approximate surface area is 450 Å². The largest absolute Gasteiger partial charge is 0.466 e. The zero-order valence-corrected chi connectivity index (χ0v) is 48.7. The number of carbonyl (C=O) groups excluding carboxylic acids is 2. The van der Waals surface area contributed by atoms with Crippen LogP contribution in [0.25, 0.3) is 0 Å². The molecule has 0 aromatic rings. The molecular formula is C66H127NO5. The zero-order chi connectivity index (χ0) is 52.2. The van der Waals surface area contributed by atoms with Gasteiger partial charge in [0.15, 0.2) is 0 Å². The predicted molar refractivity (Wildman–Crippen MR) is 315 cm³/mol. The molecule has 72 heavy (non-hydrogen) atoms. The van der Waals surface area contributed by atoms with Crippen LogP contribution in [-0.2, 0) is 14.3 Å². The minimum atomic E-state index is -0.672. The molecule has 0 rings (SSSR count). The minimum absolute atomic E-state index is 0.0128. The fourth-order valence-corrected chi connectivity index (χ4v) is 10.3. The second-order valence-electron chi connectivity index (χ2n) is 22.5. The van der Waals surface area contributed by atoms with Crippen LogP contribution in [-0.4, -0.2) is 47.4 Å². The number of aliphatic hydroxyl groups excluding tert-OH is 2. The van der Waals surface area contributed by atoms with E-state index in [0.717, 1.165) is 70.6 Å². The monoisotopic (exact) mass is 1010 g/mol. The summed E-state index contributed by atoms with van der Waals surface area (Å²) in [6.45, 7) is 4.94. The number of hydrogen-bond acceptors (Lipinski definition) is 5. The fraction of sp³-hybridized carbons (Fsp3) is 0.909. The Morgan fingerprint density at radius 3 is 1.03 bits per heavy atom. The number of rotatable bonds is 61. The van der Waals surface area contributed by atoms with Crippen LogP contribution < -0.4 is 5.32 Å². The summed E-state index contributed by atoms with van der Waals surface area (Å²) in [7, 11) is 0. The second-order valence-corrected chi connectivity index (χ2v) is 22.5. The Hall–Kier alpha value is -1.66. The lowest BCUT2D eigenvalue weighted by molar-refractivity contribution is -0.143. The van der Waals surface area contributed by atoms with E-state index < -0.39 is 12.1 Å². The average molecular weight is 1010 g/mol. The van der Waals surface area contributed by atoms with Crippen LogP contribution in [0.2, 0.25) is 0 Å². The van der Waals surface area contributed by atoms with E-state index >= 15 is 0 Å². The molecule has 0 fully saturated rings. The minimum Gasteiger partial charge on any atom is -0.466 e. The molecule has 0 radical (unpaired) electrons. The summed E-state index contributed by atoms with van der Waals surface area (Å²) in [5.74, 6) is -0.0535. The highest BCUT2D eigenvalue weighted by atomic mass is 16.5. The summed E-state index contributed by atoms with van der Waals surface area (Å²) in [4.78, 5) is 24.5. The molecule has 0 aliphatic heterocycles. The molecule has 0 heterocycles. The van der Waals surface area contributed by atoms with Crippen LogP contribution in [0, 0.1) is 0 Å². The lowest BCUT2D eigenvalue weighted by Gasteiger charge is -2.22. The van der Waals surface area contributed by atoms with Gasteiger partial charge in [0, 0.05) is 12.8 Å². The van der Waals surface area contributed by atoms with Crippen molar-refractivity contribution in [3.8, 4) is 0 Å². The summed E-state index contributed by atoms with van der Waals surface area (Å²) in [5.41, 5.74) is 0. The Bertz CT molecular complexity index is 1120. The topological polar surface area (TPSA) is 95.9 Å². The van der Waals surface area contributed by atoms with Crippen LogP contribution in [0.4, 0.5) is 0 Å². The van der Waals surface area contributed by atoms with Gasteiger partial charge in [-0.1, -0.05) is 314 Å². The Balaban J connectivity index is 3.46. The molecule has 0 bridgehead atoms. The smallest absolute Gasteiger partial charge is 0.305 e. The molecule has 0 aromatic carbocycles. The molecule has 2 unspecified atom stereocenters. The van der Waals surface area contributed by atoms with Gasteiger partial charge in [0.1, 0.15) is 0 Å². The van der Waals surface area contributed by atoms with Crippen molar-refractivity contribution in [2.24, 2.45) is 0 Å². The zero-order valence-electron chi connectivity index (χ0n) is 48.7. The highest BCUT2D eigenvalue weighted by Crippen LogP contribution is 2.18. The molecule has 3 N–H and O–H groups in total. The van der Waals surface area contributed by atoms with Crippen molar-refractivity contribution in [1.29, 1.82) is 0 Å². The molecule has 0 spiro atoms. The summed E-state index contributed by atoms with van der Waals surface area (Å²) in [5, 5.41) is 23.4. The van der Waals surface area contributed by atoms with Crippen molar-refractivity contribution in [2.45, 2.75) is 373 Å². The van der Waals surface area contributed by atoms with E-state index in [9.17, 15) is 19.8 Å². The number of ether oxygens (including phenoxy) is 1. The summed E-state index contributed by atoms with van der Waals surface area (Å²) in [6.07, 6.45) is 76.3. The standard InChI is InChI=1S/C66H127NO5/c1-3-5-7-9-11-13-15-16-17-18-19-20-21-22-23-24-26-29-32-35-39-42-46-50-54-58-64(69)63(62-68)67-65(70)59-55-51-47-43-40-36-33-30-27-25-28-31-34-37-41-45-49-53-57-61-72-66(71)60-56-52-48-44-38-14-12-10-8-6-4-2/h31,34,37,41,63-64,68-69H,3-30,32-33,35-36,38-40,42-62H2,1-2H3,(H,67,70)/b34-31-,41-37-. The molecule has 0 saturated heterocycles. The van der Waals surface area contributed by atoms with Gasteiger partial charge in [-0.2, -0.15) is 0 Å². The van der Waals surface area contributed by atoms with Crippen molar-refractivity contribution in [2.75, 3.05) is 13.2 Å². The van der Waals surface area contributed by atoms with Gasteiger partial charge >= 0.3 is 5.97 Å². The molecule has 2 atom stereocenters. The van der Waals surface area contributed by atoms with Gasteiger partial charge in [-0.05, 0) is 57.8 Å². The highest BCUT2D eigenvalue weighted by Gasteiger charge is 2.20. The first-order valence-corrected chi connectivity index (χ1v) is 32.6. The molecule has 0 aliphatic carbocycles. The van der Waals surface area contributed by atoms with Crippen molar-refractivity contribution < 1.29 is 24.5 Å². The first-order valence-electron chi connectivity index (χ1n) is 32.6. The molecule has 426 valence electrons. The van der Waals surface area contributed by atoms with Gasteiger partial charge in [-0.3, -0.25) is 9.59 Å². The molecule has 1 amide bonds. The maximum absolute atomic E-state index is 12.5. The summed E-state index contributed by atoms with van der Waals surface area (Å²) >= 11 is 0. The molecule has 6 nitrogen and oxygen atoms in total. The van der Waals surface area contributed by atoms with E-state index in [0.29, 0.717) is 25.9 Å². The second kappa shape index (κ2) is 61.9. The van der Waals surface area contributed by atoms with Crippen LogP contribution in [0.3, 0.4) is 0 Å². The van der Waals surface area contributed by atoms with Crippen LogP contribution >= 0.6 is 0 Å². The summed E-state index contributed by atoms with van der Waals surface area (Å²) in [6, 6.07) is -0.550. The predicted octanol–water partition coefficient (Wildman–Crippen LogP) is 20.6. The van der Waals surface area contributed by atoms with Crippen molar-refractivity contribution >= 4 is 11.9 Å². The number of aliphatic hydroxyl groups is 2. The lowest BCUT2D eigenvalue weighted by atomic mass is 10.0. The number of allylic oxidation sites excluding steroid dienone is 4. The molecule has 0 aromatic heterocycles. The van der Waals surface area contributed by atoms with E-state index in [2.05, 4.69) is 43.5 Å². The maximum atomic E-state index is 12.5. The molecule has 0 aliphatic rings. The Morgan fingerprint density at radius 2 is 0.681 bits per heavy atom. The fourth-order valence-electron chi connectivity index (χ4n) is 10.3. The van der Waals surface area contributed by atoms with E-state index in [1.807, 2.05) is 0 Å². The van der Waals surface area contributed by atoms with Gasteiger partial charge in [-0.15, -0.1) is 0 Å². The van der Waals surface area contributed by atoms with Crippen LogP contribution in [0.5, 0.6) is 0 Å². The van der Waals surface area contributed by atoms with Crippen LogP contribution in [0.1, 0.15) is 361 Å². The number of amides is 1. The number of unbranched alkanes of at least 4 members (excludes halogenated alkanes) is 47. The molecule has 6 heteroatoms. The quantitative estimate of drug-likeness (QED) is 0.0320. The first kappa shape index (κ1) is 70.3. The van der Waals surface area contributed by atoms with Crippen molar-refractivity contribution in [3.05, 3.63) is 24.3 Å². The van der Waals surface area contributed by atoms with Gasteiger partial charge in [-0.25, -0.2) is 0 Å². The Kier molecular flexibility index (Phi) is 60.5. The maximum Gasteiger partial charge on any atom is 0.305 e. The van der Waals surface area contributed by atoms with E-state index in [4.69, 9.17) is 4.74 Å². The van der Waals surface area contributed by atoms with Crippen molar-refractivity contribution in [1.82, 2.24) is 5.32 Å². The molecular weight excluding hydrogens is 887 g/mol. The van der Waals surface area contributed by atoms with Crippen molar-refractivity contribution in [3.63, 3.8) is 0 Å².